The number of hydrogen-bond donors (Lipinski definition) is 2. The molecule has 28 heavy (non-hydrogen) atoms. The third kappa shape index (κ3) is 4.14. The van der Waals surface area contributed by atoms with Gasteiger partial charge in [0.15, 0.2) is 0 Å². The highest BCUT2D eigenvalue weighted by molar-refractivity contribution is 7.18. The second-order valence-corrected chi connectivity index (χ2v) is 7.81. The normalized spacial score (nSPS) is 18.9. The van der Waals surface area contributed by atoms with E-state index in [4.69, 9.17) is 9.40 Å². The van der Waals surface area contributed by atoms with Crippen LogP contribution in [0.1, 0.15) is 29.5 Å². The Balaban J connectivity index is 1.37. The summed E-state index contributed by atoms with van der Waals surface area (Å²) < 4.78 is 6.31. The van der Waals surface area contributed by atoms with Crippen molar-refractivity contribution in [3.63, 3.8) is 0 Å². The van der Waals surface area contributed by atoms with Crippen LogP contribution in [0, 0.1) is 5.92 Å². The number of furan rings is 1. The first-order valence-electron chi connectivity index (χ1n) is 9.28. The zero-order valence-corrected chi connectivity index (χ0v) is 16.1. The highest BCUT2D eigenvalue weighted by atomic mass is 32.1. The molecule has 0 spiro atoms. The second-order valence-electron chi connectivity index (χ2n) is 6.75. The van der Waals surface area contributed by atoms with E-state index in [0.29, 0.717) is 18.7 Å². The van der Waals surface area contributed by atoms with Crippen LogP contribution in [0.4, 0.5) is 0 Å². The molecule has 4 rings (SSSR count). The van der Waals surface area contributed by atoms with Gasteiger partial charge in [-0.3, -0.25) is 9.59 Å². The van der Waals surface area contributed by atoms with E-state index in [1.807, 2.05) is 30.3 Å². The molecule has 144 valence electrons. The molecule has 3 aromatic rings. The number of benzene rings is 1. The quantitative estimate of drug-likeness (QED) is 0.627. The number of thiazole rings is 1. The molecule has 2 N–H and O–H groups in total. The number of amides is 2. The smallest absolute Gasteiger partial charge is 0.239 e. The van der Waals surface area contributed by atoms with Crippen LogP contribution in [0.15, 0.2) is 59.2 Å². The van der Waals surface area contributed by atoms with Crippen LogP contribution in [0.5, 0.6) is 0 Å². The predicted molar refractivity (Wildman–Crippen MR) is 108 cm³/mol. The SMILES string of the molecule is O=C(CNC(=O)C1CC=CCC1c1nc2ccccc2s1)NCc1ccco1. The molecule has 1 aliphatic rings. The Bertz CT molecular complexity index is 960. The maximum atomic E-state index is 12.8. The number of allylic oxidation sites excluding steroid dienone is 2. The largest absolute Gasteiger partial charge is 0.467 e. The van der Waals surface area contributed by atoms with Gasteiger partial charge in [0.2, 0.25) is 11.8 Å². The molecule has 0 saturated heterocycles. The molecule has 2 unspecified atom stereocenters. The van der Waals surface area contributed by atoms with E-state index < -0.39 is 0 Å². The zero-order valence-electron chi connectivity index (χ0n) is 15.3. The molecule has 0 radical (unpaired) electrons. The molecule has 2 heterocycles. The van der Waals surface area contributed by atoms with Crippen LogP contribution in [0.3, 0.4) is 0 Å². The molecule has 6 nitrogen and oxygen atoms in total. The van der Waals surface area contributed by atoms with Gasteiger partial charge in [-0.05, 0) is 37.1 Å². The van der Waals surface area contributed by atoms with Crippen LogP contribution >= 0.6 is 11.3 Å². The Kier molecular flexibility index (Phi) is 5.53. The van der Waals surface area contributed by atoms with Gasteiger partial charge in [-0.1, -0.05) is 24.3 Å². The van der Waals surface area contributed by atoms with E-state index in [1.165, 1.54) is 0 Å². The Morgan fingerprint density at radius 1 is 1.11 bits per heavy atom. The van der Waals surface area contributed by atoms with E-state index in [1.54, 1.807) is 29.7 Å². The Hall–Kier alpha value is -2.93. The highest BCUT2D eigenvalue weighted by Crippen LogP contribution is 2.38. The van der Waals surface area contributed by atoms with Gasteiger partial charge in [0.1, 0.15) is 5.76 Å². The minimum Gasteiger partial charge on any atom is -0.467 e. The third-order valence-electron chi connectivity index (χ3n) is 4.86. The minimum atomic E-state index is -0.243. The summed E-state index contributed by atoms with van der Waals surface area (Å²) in [5.41, 5.74) is 0.966. The summed E-state index contributed by atoms with van der Waals surface area (Å²) in [5.74, 6) is 0.138. The molecule has 2 atom stereocenters. The topological polar surface area (TPSA) is 84.2 Å². The summed E-state index contributed by atoms with van der Waals surface area (Å²) in [6.07, 6.45) is 7.13. The van der Waals surface area contributed by atoms with Crippen LogP contribution < -0.4 is 10.6 Å². The highest BCUT2D eigenvalue weighted by Gasteiger charge is 2.32. The van der Waals surface area contributed by atoms with Crippen LogP contribution in [0.2, 0.25) is 0 Å². The van der Waals surface area contributed by atoms with Gasteiger partial charge in [-0.15, -0.1) is 11.3 Å². The number of nitrogens with one attached hydrogen (secondary N) is 2. The molecule has 1 aliphatic carbocycles. The second kappa shape index (κ2) is 8.39. The summed E-state index contributed by atoms with van der Waals surface area (Å²) in [4.78, 5) is 29.5. The number of rotatable bonds is 6. The third-order valence-corrected chi connectivity index (χ3v) is 6.03. The summed E-state index contributed by atoms with van der Waals surface area (Å²) in [6, 6.07) is 11.6. The van der Waals surface area contributed by atoms with E-state index in [0.717, 1.165) is 21.6 Å². The fourth-order valence-electron chi connectivity index (χ4n) is 3.39. The van der Waals surface area contributed by atoms with E-state index in [-0.39, 0.29) is 30.2 Å². The molecule has 2 amide bonds. The van der Waals surface area contributed by atoms with Crippen molar-refractivity contribution in [3.8, 4) is 0 Å². The van der Waals surface area contributed by atoms with Crippen molar-refractivity contribution in [2.45, 2.75) is 25.3 Å². The number of carbonyl (C=O) groups is 2. The lowest BCUT2D eigenvalue weighted by atomic mass is 9.82. The van der Waals surface area contributed by atoms with Crippen molar-refractivity contribution in [3.05, 3.63) is 65.6 Å². The summed E-state index contributed by atoms with van der Waals surface area (Å²) in [5, 5.41) is 6.49. The minimum absolute atomic E-state index is 0.0357. The van der Waals surface area contributed by atoms with Gasteiger partial charge in [-0.2, -0.15) is 0 Å². The molecule has 2 aromatic heterocycles. The van der Waals surface area contributed by atoms with Gasteiger partial charge in [0.05, 0.1) is 40.5 Å². The van der Waals surface area contributed by atoms with Crippen LogP contribution in [0.25, 0.3) is 10.2 Å². The van der Waals surface area contributed by atoms with Gasteiger partial charge in [-0.25, -0.2) is 4.98 Å². The van der Waals surface area contributed by atoms with Crippen molar-refractivity contribution >= 4 is 33.4 Å². The fraction of sp³-hybridized carbons (Fsp3) is 0.286. The lowest BCUT2D eigenvalue weighted by Crippen LogP contribution is -2.41. The van der Waals surface area contributed by atoms with E-state index in [2.05, 4.69) is 16.7 Å². The zero-order chi connectivity index (χ0) is 19.3. The molecule has 0 fully saturated rings. The monoisotopic (exact) mass is 395 g/mol. The first-order chi connectivity index (χ1) is 13.7. The standard InChI is InChI=1S/C21H21N3O3S/c25-19(22-12-14-6-5-11-27-14)13-23-20(26)15-7-1-2-8-16(15)21-24-17-9-3-4-10-18(17)28-21/h1-6,9-11,15-16H,7-8,12-13H2,(H,22,25)(H,23,26). The van der Waals surface area contributed by atoms with E-state index >= 15 is 0 Å². The molecule has 0 saturated carbocycles. The Morgan fingerprint density at radius 2 is 1.96 bits per heavy atom. The number of nitrogens with zero attached hydrogens (tertiary/aromatic N) is 1. The molecular weight excluding hydrogens is 374 g/mol. The van der Waals surface area contributed by atoms with E-state index in [9.17, 15) is 9.59 Å². The van der Waals surface area contributed by atoms with Crippen LogP contribution in [-0.2, 0) is 16.1 Å². The Labute approximate surface area is 166 Å². The molecule has 7 heteroatoms. The van der Waals surface area contributed by atoms with Crippen LogP contribution in [-0.4, -0.2) is 23.3 Å². The number of aromatic nitrogens is 1. The number of carbonyl (C=O) groups excluding carboxylic acids is 2. The van der Waals surface area contributed by atoms with Gasteiger partial charge in [0, 0.05) is 5.92 Å². The average molecular weight is 395 g/mol. The summed E-state index contributed by atoms with van der Waals surface area (Å²) in [7, 11) is 0. The number of fused-ring (bicyclic) bond motifs is 1. The van der Waals surface area contributed by atoms with Gasteiger partial charge < -0.3 is 15.1 Å². The molecule has 0 aliphatic heterocycles. The molecule has 1 aromatic carbocycles. The summed E-state index contributed by atoms with van der Waals surface area (Å²) in [6.45, 7) is 0.258. The van der Waals surface area contributed by atoms with Crippen molar-refractivity contribution in [1.82, 2.24) is 15.6 Å². The molecular formula is C21H21N3O3S. The van der Waals surface area contributed by atoms with Gasteiger partial charge in [0.25, 0.3) is 0 Å². The first kappa shape index (κ1) is 18.4. The first-order valence-corrected chi connectivity index (χ1v) is 10.1. The van der Waals surface area contributed by atoms with Gasteiger partial charge >= 0.3 is 0 Å². The maximum absolute atomic E-state index is 12.8. The molecule has 0 bridgehead atoms. The number of hydrogen-bond acceptors (Lipinski definition) is 5. The lowest BCUT2D eigenvalue weighted by molar-refractivity contribution is -0.129. The number of para-hydroxylation sites is 1. The summed E-state index contributed by atoms with van der Waals surface area (Å²) >= 11 is 1.64. The maximum Gasteiger partial charge on any atom is 0.239 e. The van der Waals surface area contributed by atoms with Crippen molar-refractivity contribution < 1.29 is 14.0 Å². The predicted octanol–water partition coefficient (Wildman–Crippen LogP) is 3.37. The fourth-order valence-corrected chi connectivity index (χ4v) is 4.53. The van der Waals surface area contributed by atoms with Crippen molar-refractivity contribution in [1.29, 1.82) is 0 Å². The van der Waals surface area contributed by atoms with Crippen molar-refractivity contribution in [2.75, 3.05) is 6.54 Å². The average Bonchev–Trinajstić information content (AvgIpc) is 3.40. The van der Waals surface area contributed by atoms with Crippen molar-refractivity contribution in [2.24, 2.45) is 5.92 Å². The lowest BCUT2D eigenvalue weighted by Gasteiger charge is -2.25. The Morgan fingerprint density at radius 3 is 2.79 bits per heavy atom.